The lowest BCUT2D eigenvalue weighted by Gasteiger charge is -2.14. The normalized spacial score (nSPS) is 11.9. The number of para-hydroxylation sites is 2. The Balaban J connectivity index is 1.99. The Kier molecular flexibility index (Phi) is 5.87. The predicted molar refractivity (Wildman–Crippen MR) is 113 cm³/mol. The highest BCUT2D eigenvalue weighted by Crippen LogP contribution is 2.26. The van der Waals surface area contributed by atoms with E-state index in [1.54, 1.807) is 12.1 Å². The molecule has 9 heteroatoms. The second-order valence-corrected chi connectivity index (χ2v) is 9.44. The van der Waals surface area contributed by atoms with Crippen LogP contribution >= 0.6 is 15.9 Å². The van der Waals surface area contributed by atoms with Crippen LogP contribution in [0.5, 0.6) is 0 Å². The molecule has 28 heavy (non-hydrogen) atoms. The van der Waals surface area contributed by atoms with Crippen LogP contribution < -0.4 is 5.32 Å². The molecule has 1 amide bonds. The summed E-state index contributed by atoms with van der Waals surface area (Å²) in [6.07, 6.45) is 0.882. The summed E-state index contributed by atoms with van der Waals surface area (Å²) in [7, 11) is -0.796. The highest BCUT2D eigenvalue weighted by molar-refractivity contribution is 9.10. The van der Waals surface area contributed by atoms with Gasteiger partial charge in [0.1, 0.15) is 0 Å². The van der Waals surface area contributed by atoms with Crippen molar-refractivity contribution in [1.82, 2.24) is 13.9 Å². The molecule has 1 aromatic heterocycles. The van der Waals surface area contributed by atoms with Gasteiger partial charge in [0.15, 0.2) is 0 Å². The molecule has 0 aliphatic carbocycles. The first kappa shape index (κ1) is 20.5. The highest BCUT2D eigenvalue weighted by atomic mass is 79.9. The number of hydrogen-bond acceptors (Lipinski definition) is 4. The first-order valence-electron chi connectivity index (χ1n) is 8.74. The Morgan fingerprint density at radius 2 is 1.93 bits per heavy atom. The van der Waals surface area contributed by atoms with Crippen molar-refractivity contribution >= 4 is 48.8 Å². The lowest BCUT2D eigenvalue weighted by Crippen LogP contribution is -2.23. The summed E-state index contributed by atoms with van der Waals surface area (Å²) in [5, 5.41) is 2.82. The largest absolute Gasteiger partial charge is 0.310 e. The van der Waals surface area contributed by atoms with Gasteiger partial charge in [-0.2, -0.15) is 0 Å². The fourth-order valence-electron chi connectivity index (χ4n) is 2.83. The van der Waals surface area contributed by atoms with E-state index < -0.39 is 15.9 Å². The van der Waals surface area contributed by atoms with Crippen LogP contribution in [0.3, 0.4) is 0 Å². The molecule has 0 spiro atoms. The quantitative estimate of drug-likeness (QED) is 0.602. The second kappa shape index (κ2) is 8.02. The summed E-state index contributed by atoms with van der Waals surface area (Å²) in [5.41, 5.74) is 1.96. The Morgan fingerprint density at radius 1 is 1.21 bits per heavy atom. The summed E-state index contributed by atoms with van der Waals surface area (Å²) >= 11 is 3.25. The zero-order valence-electron chi connectivity index (χ0n) is 15.8. The Bertz CT molecular complexity index is 1140. The van der Waals surface area contributed by atoms with Crippen molar-refractivity contribution in [3.05, 3.63) is 52.5 Å². The van der Waals surface area contributed by atoms with Crippen molar-refractivity contribution in [3.8, 4) is 0 Å². The fourth-order valence-corrected chi connectivity index (χ4v) is 4.68. The topological polar surface area (TPSA) is 84.3 Å². The molecular weight excluding hydrogens is 444 g/mol. The third-order valence-electron chi connectivity index (χ3n) is 4.28. The van der Waals surface area contributed by atoms with Crippen LogP contribution in [-0.4, -0.2) is 42.3 Å². The van der Waals surface area contributed by atoms with Gasteiger partial charge in [-0.05, 0) is 52.7 Å². The van der Waals surface area contributed by atoms with E-state index in [2.05, 4.69) is 26.2 Å². The Morgan fingerprint density at radius 3 is 2.61 bits per heavy atom. The predicted octanol–water partition coefficient (Wildman–Crippen LogP) is 3.71. The van der Waals surface area contributed by atoms with Crippen LogP contribution in [0, 0.1) is 0 Å². The molecule has 2 aromatic carbocycles. The van der Waals surface area contributed by atoms with Crippen LogP contribution in [0.2, 0.25) is 0 Å². The van der Waals surface area contributed by atoms with Gasteiger partial charge >= 0.3 is 0 Å². The third-order valence-corrected chi connectivity index (χ3v) is 7.09. The van der Waals surface area contributed by atoms with E-state index in [4.69, 9.17) is 0 Å². The summed E-state index contributed by atoms with van der Waals surface area (Å²) < 4.78 is 28.4. The van der Waals surface area contributed by atoms with E-state index in [-0.39, 0.29) is 10.5 Å². The van der Waals surface area contributed by atoms with Crippen molar-refractivity contribution in [2.45, 2.75) is 24.8 Å². The number of carbonyl (C=O) groups excluding carboxylic acids is 1. The molecule has 0 saturated heterocycles. The maximum atomic E-state index is 12.8. The number of benzene rings is 2. The average molecular weight is 465 g/mol. The van der Waals surface area contributed by atoms with E-state index >= 15 is 0 Å². The van der Waals surface area contributed by atoms with Gasteiger partial charge in [-0.3, -0.25) is 10.1 Å². The maximum Gasteiger partial charge on any atom is 0.258 e. The Hall–Kier alpha value is -2.23. The number of sulfonamides is 1. The monoisotopic (exact) mass is 464 g/mol. The average Bonchev–Trinajstić information content (AvgIpc) is 2.99. The molecule has 3 rings (SSSR count). The smallest absolute Gasteiger partial charge is 0.258 e. The van der Waals surface area contributed by atoms with E-state index in [0.29, 0.717) is 17.0 Å². The lowest BCUT2D eigenvalue weighted by atomic mass is 10.2. The zero-order chi connectivity index (χ0) is 20.5. The van der Waals surface area contributed by atoms with Gasteiger partial charge in [0, 0.05) is 30.7 Å². The summed E-state index contributed by atoms with van der Waals surface area (Å²) in [4.78, 5) is 17.4. The van der Waals surface area contributed by atoms with Crippen LogP contribution in [0.15, 0.2) is 51.8 Å². The highest BCUT2D eigenvalue weighted by Gasteiger charge is 2.23. The molecule has 148 valence electrons. The third kappa shape index (κ3) is 3.82. The molecule has 7 nitrogen and oxygen atoms in total. The zero-order valence-corrected chi connectivity index (χ0v) is 18.2. The van der Waals surface area contributed by atoms with E-state index in [1.165, 1.54) is 20.2 Å². The molecule has 1 N–H and O–H groups in total. The van der Waals surface area contributed by atoms with E-state index in [9.17, 15) is 13.2 Å². The molecule has 0 saturated carbocycles. The summed E-state index contributed by atoms with van der Waals surface area (Å²) in [6.45, 7) is 2.75. The number of imidazole rings is 1. The van der Waals surface area contributed by atoms with Crippen molar-refractivity contribution < 1.29 is 13.2 Å². The first-order chi connectivity index (χ1) is 13.3. The number of rotatable bonds is 6. The van der Waals surface area contributed by atoms with E-state index in [1.807, 2.05) is 35.8 Å². The lowest BCUT2D eigenvalue weighted by molar-refractivity contribution is 0.102. The van der Waals surface area contributed by atoms with Crippen molar-refractivity contribution in [3.63, 3.8) is 0 Å². The number of carbonyl (C=O) groups is 1. The SMILES string of the molecule is CCCn1c(NC(=O)c2ccc(Br)c(S(=O)(=O)N(C)C)c2)nc2ccccc21. The second-order valence-electron chi connectivity index (χ2n) is 6.46. The van der Waals surface area contributed by atoms with E-state index in [0.717, 1.165) is 21.8 Å². The molecule has 0 aliphatic rings. The molecule has 0 unspecified atom stereocenters. The molecule has 3 aromatic rings. The van der Waals surface area contributed by atoms with Crippen LogP contribution in [0.4, 0.5) is 5.95 Å². The van der Waals surface area contributed by atoms with Gasteiger partial charge in [0.25, 0.3) is 5.91 Å². The fraction of sp³-hybridized carbons (Fsp3) is 0.263. The van der Waals surface area contributed by atoms with Crippen LogP contribution in [-0.2, 0) is 16.6 Å². The van der Waals surface area contributed by atoms with Crippen molar-refractivity contribution in [1.29, 1.82) is 0 Å². The van der Waals surface area contributed by atoms with Crippen LogP contribution in [0.25, 0.3) is 11.0 Å². The van der Waals surface area contributed by atoms with Gasteiger partial charge < -0.3 is 4.57 Å². The van der Waals surface area contributed by atoms with Gasteiger partial charge in [0.05, 0.1) is 15.9 Å². The van der Waals surface area contributed by atoms with Gasteiger partial charge in [-0.1, -0.05) is 19.1 Å². The number of halogens is 1. The number of anilines is 1. The first-order valence-corrected chi connectivity index (χ1v) is 11.0. The molecule has 0 fully saturated rings. The van der Waals surface area contributed by atoms with Crippen molar-refractivity contribution in [2.75, 3.05) is 19.4 Å². The minimum Gasteiger partial charge on any atom is -0.310 e. The summed E-state index contributed by atoms with van der Waals surface area (Å²) in [5.74, 6) is 0.0170. The van der Waals surface area contributed by atoms with Gasteiger partial charge in [-0.15, -0.1) is 0 Å². The number of fused-ring (bicyclic) bond motifs is 1. The number of aryl methyl sites for hydroxylation is 1. The molecule has 0 radical (unpaired) electrons. The Labute approximate surface area is 172 Å². The minimum atomic E-state index is -3.69. The standard InChI is InChI=1S/C19H21BrN4O3S/c1-4-11-24-16-8-6-5-7-15(16)21-19(24)22-18(25)13-9-10-14(20)17(12-13)28(26,27)23(2)3/h5-10,12H,4,11H2,1-3H3,(H,21,22,25). The van der Waals surface area contributed by atoms with Gasteiger partial charge in [0.2, 0.25) is 16.0 Å². The molecule has 0 aliphatic heterocycles. The van der Waals surface area contributed by atoms with Crippen LogP contribution in [0.1, 0.15) is 23.7 Å². The van der Waals surface area contributed by atoms with Gasteiger partial charge in [-0.25, -0.2) is 17.7 Å². The maximum absolute atomic E-state index is 12.8. The number of nitrogens with one attached hydrogen (secondary N) is 1. The molecule has 0 bridgehead atoms. The number of amides is 1. The number of nitrogens with zero attached hydrogens (tertiary/aromatic N) is 3. The molecule has 0 atom stereocenters. The number of hydrogen-bond donors (Lipinski definition) is 1. The number of aromatic nitrogens is 2. The van der Waals surface area contributed by atoms with Crippen molar-refractivity contribution in [2.24, 2.45) is 0 Å². The minimum absolute atomic E-state index is 0.0345. The molecular formula is C19H21BrN4O3S. The molecule has 1 heterocycles. The summed E-state index contributed by atoms with van der Waals surface area (Å²) in [6, 6.07) is 12.1.